The molecule has 0 aliphatic carbocycles. The van der Waals surface area contributed by atoms with Gasteiger partial charge in [0.25, 0.3) is 0 Å². The molecule has 3 heterocycles. The smallest absolute Gasteiger partial charge is 0.236 e. The first-order chi connectivity index (χ1) is 12.0. The number of hydrogen-bond acceptors (Lipinski definition) is 5. The number of aromatic nitrogens is 1. The minimum atomic E-state index is 0.173. The zero-order chi connectivity index (χ0) is 17.6. The Labute approximate surface area is 152 Å². The van der Waals surface area contributed by atoms with E-state index in [1.165, 1.54) is 22.4 Å². The lowest BCUT2D eigenvalue weighted by atomic mass is 9.96. The Morgan fingerprint density at radius 2 is 2.12 bits per heavy atom. The quantitative estimate of drug-likeness (QED) is 0.831. The van der Waals surface area contributed by atoms with Gasteiger partial charge in [-0.2, -0.15) is 0 Å². The van der Waals surface area contributed by atoms with E-state index in [0.717, 1.165) is 23.5 Å². The van der Waals surface area contributed by atoms with E-state index in [9.17, 15) is 4.79 Å². The second-order valence-electron chi connectivity index (χ2n) is 7.37. The molecule has 1 amide bonds. The van der Waals surface area contributed by atoms with E-state index >= 15 is 0 Å². The van der Waals surface area contributed by atoms with Crippen LogP contribution in [-0.4, -0.2) is 60.1 Å². The molecule has 6 heteroatoms. The summed E-state index contributed by atoms with van der Waals surface area (Å²) < 4.78 is 1.21. The van der Waals surface area contributed by atoms with Crippen molar-refractivity contribution in [2.45, 2.75) is 25.8 Å². The van der Waals surface area contributed by atoms with Crippen molar-refractivity contribution in [3.05, 3.63) is 28.8 Å². The summed E-state index contributed by atoms with van der Waals surface area (Å²) in [6, 6.07) is 6.71. The van der Waals surface area contributed by atoms with Crippen molar-refractivity contribution in [2.24, 2.45) is 10.9 Å². The number of piperazine rings is 1. The Morgan fingerprint density at radius 3 is 2.88 bits per heavy atom. The van der Waals surface area contributed by atoms with Crippen LogP contribution in [0.5, 0.6) is 0 Å². The zero-order valence-electron chi connectivity index (χ0n) is 15.0. The average molecular weight is 356 g/mol. The fourth-order valence-electron chi connectivity index (χ4n) is 3.53. The van der Waals surface area contributed by atoms with Crippen LogP contribution in [0.15, 0.2) is 23.2 Å². The SMILES string of the molecule is CC1CCC(c2ccc3sc(C4CN(C)C(=O)CN4C)nc3c2)=NC1. The van der Waals surface area contributed by atoms with Crippen molar-refractivity contribution in [2.75, 3.05) is 33.7 Å². The Hall–Kier alpha value is -1.79. The van der Waals surface area contributed by atoms with E-state index in [4.69, 9.17) is 9.98 Å². The van der Waals surface area contributed by atoms with Crippen LogP contribution in [0.3, 0.4) is 0 Å². The molecule has 25 heavy (non-hydrogen) atoms. The van der Waals surface area contributed by atoms with Gasteiger partial charge in [-0.15, -0.1) is 11.3 Å². The van der Waals surface area contributed by atoms with Crippen LogP contribution in [0.4, 0.5) is 0 Å². The van der Waals surface area contributed by atoms with Crippen LogP contribution in [0.1, 0.15) is 36.4 Å². The topological polar surface area (TPSA) is 48.8 Å². The first-order valence-electron chi connectivity index (χ1n) is 8.89. The Balaban J connectivity index is 1.63. The molecule has 2 atom stereocenters. The van der Waals surface area contributed by atoms with Crippen molar-refractivity contribution in [3.8, 4) is 0 Å². The molecule has 2 unspecified atom stereocenters. The summed E-state index contributed by atoms with van der Waals surface area (Å²) in [5.74, 6) is 0.867. The average Bonchev–Trinajstić information content (AvgIpc) is 3.01. The minimum Gasteiger partial charge on any atom is -0.343 e. The van der Waals surface area contributed by atoms with E-state index in [1.807, 2.05) is 14.1 Å². The number of amides is 1. The third-order valence-corrected chi connectivity index (χ3v) is 6.42. The molecule has 4 rings (SSSR count). The molecule has 0 radical (unpaired) electrons. The molecule has 0 N–H and O–H groups in total. The molecular weight excluding hydrogens is 332 g/mol. The molecule has 0 spiro atoms. The molecule has 5 nitrogen and oxygen atoms in total. The van der Waals surface area contributed by atoms with Crippen LogP contribution in [-0.2, 0) is 4.79 Å². The number of aliphatic imine (C=N–C) groups is 1. The lowest BCUT2D eigenvalue weighted by Gasteiger charge is -2.35. The number of carbonyl (C=O) groups excluding carboxylic acids is 1. The van der Waals surface area contributed by atoms with Gasteiger partial charge in [-0.05, 0) is 43.5 Å². The van der Waals surface area contributed by atoms with Gasteiger partial charge in [-0.1, -0.05) is 13.0 Å². The number of nitrogens with zero attached hydrogens (tertiary/aromatic N) is 4. The van der Waals surface area contributed by atoms with Gasteiger partial charge in [0.1, 0.15) is 5.01 Å². The summed E-state index contributed by atoms with van der Waals surface area (Å²) in [6.07, 6.45) is 2.27. The maximum Gasteiger partial charge on any atom is 0.236 e. The lowest BCUT2D eigenvalue weighted by molar-refractivity contribution is -0.136. The molecule has 2 aliphatic rings. The van der Waals surface area contributed by atoms with Crippen LogP contribution >= 0.6 is 11.3 Å². The normalized spacial score (nSPS) is 25.5. The Morgan fingerprint density at radius 1 is 1.28 bits per heavy atom. The van der Waals surface area contributed by atoms with Gasteiger partial charge in [-0.3, -0.25) is 14.7 Å². The summed E-state index contributed by atoms with van der Waals surface area (Å²) in [7, 11) is 3.88. The lowest BCUT2D eigenvalue weighted by Crippen LogP contribution is -2.48. The standard InChI is InChI=1S/C19H24N4OS/c1-12-4-6-14(20-9-12)13-5-7-17-15(8-13)21-19(25-17)16-10-23(3)18(24)11-22(16)2/h5,7-8,12,16H,4,6,9-11H2,1-3H3. The van der Waals surface area contributed by atoms with Crippen molar-refractivity contribution < 1.29 is 4.79 Å². The second-order valence-corrected chi connectivity index (χ2v) is 8.43. The number of fused-ring (bicyclic) bond motifs is 1. The van der Waals surface area contributed by atoms with Gasteiger partial charge in [0.05, 0.1) is 22.8 Å². The third-order valence-electron chi connectivity index (χ3n) is 5.28. The molecular formula is C19H24N4OS. The largest absolute Gasteiger partial charge is 0.343 e. The number of likely N-dealkylation sites (N-methyl/N-ethyl adjacent to an activating group) is 2. The minimum absolute atomic E-state index is 0.173. The molecule has 132 valence electrons. The second kappa shape index (κ2) is 6.50. The molecule has 1 aromatic heterocycles. The van der Waals surface area contributed by atoms with Crippen LogP contribution in [0.25, 0.3) is 10.2 Å². The Kier molecular flexibility index (Phi) is 4.33. The van der Waals surface area contributed by atoms with Crippen LogP contribution in [0.2, 0.25) is 0 Å². The highest BCUT2D eigenvalue weighted by Gasteiger charge is 2.30. The van der Waals surface area contributed by atoms with Gasteiger partial charge in [0.15, 0.2) is 0 Å². The predicted molar refractivity (Wildman–Crippen MR) is 102 cm³/mol. The molecule has 1 aromatic carbocycles. The maximum absolute atomic E-state index is 11.9. The number of thiazole rings is 1. The van der Waals surface area contributed by atoms with Crippen molar-refractivity contribution in [3.63, 3.8) is 0 Å². The van der Waals surface area contributed by atoms with Crippen LogP contribution in [0, 0.1) is 5.92 Å². The van der Waals surface area contributed by atoms with E-state index in [-0.39, 0.29) is 11.9 Å². The fourth-order valence-corrected chi connectivity index (χ4v) is 4.64. The Bertz CT molecular complexity index is 843. The van der Waals surface area contributed by atoms with Crippen molar-refractivity contribution in [1.29, 1.82) is 0 Å². The summed E-state index contributed by atoms with van der Waals surface area (Å²) in [4.78, 5) is 25.4. The summed E-state index contributed by atoms with van der Waals surface area (Å²) in [6.45, 7) is 4.35. The highest BCUT2D eigenvalue weighted by Crippen LogP contribution is 2.32. The summed E-state index contributed by atoms with van der Waals surface area (Å²) in [5, 5.41) is 1.09. The van der Waals surface area contributed by atoms with Gasteiger partial charge in [0.2, 0.25) is 5.91 Å². The summed E-state index contributed by atoms with van der Waals surface area (Å²) >= 11 is 1.74. The summed E-state index contributed by atoms with van der Waals surface area (Å²) in [5.41, 5.74) is 3.47. The van der Waals surface area contributed by atoms with E-state index in [0.29, 0.717) is 19.0 Å². The number of hydrogen-bond donors (Lipinski definition) is 0. The maximum atomic E-state index is 11.9. The van der Waals surface area contributed by atoms with Crippen molar-refractivity contribution >= 4 is 33.2 Å². The molecule has 1 fully saturated rings. The first-order valence-corrected chi connectivity index (χ1v) is 9.71. The molecule has 0 bridgehead atoms. The molecule has 1 saturated heterocycles. The molecule has 2 aromatic rings. The molecule has 2 aliphatic heterocycles. The van der Waals surface area contributed by atoms with E-state index < -0.39 is 0 Å². The monoisotopic (exact) mass is 356 g/mol. The highest BCUT2D eigenvalue weighted by atomic mass is 32.1. The predicted octanol–water partition coefficient (Wildman–Crippen LogP) is 2.96. The van der Waals surface area contributed by atoms with Gasteiger partial charge >= 0.3 is 0 Å². The highest BCUT2D eigenvalue weighted by molar-refractivity contribution is 7.18. The van der Waals surface area contributed by atoms with Gasteiger partial charge in [-0.25, -0.2) is 4.98 Å². The van der Waals surface area contributed by atoms with E-state index in [1.54, 1.807) is 16.2 Å². The van der Waals surface area contributed by atoms with Gasteiger partial charge in [0, 0.05) is 25.8 Å². The number of carbonyl (C=O) groups is 1. The van der Waals surface area contributed by atoms with E-state index in [2.05, 4.69) is 30.0 Å². The first kappa shape index (κ1) is 16.7. The van der Waals surface area contributed by atoms with Crippen molar-refractivity contribution in [1.82, 2.24) is 14.8 Å². The molecule has 0 saturated carbocycles. The third kappa shape index (κ3) is 3.20. The van der Waals surface area contributed by atoms with Crippen LogP contribution < -0.4 is 0 Å². The number of benzene rings is 1. The zero-order valence-corrected chi connectivity index (χ0v) is 15.8. The fraction of sp³-hybridized carbons (Fsp3) is 0.526. The van der Waals surface area contributed by atoms with Gasteiger partial charge < -0.3 is 4.90 Å². The number of rotatable bonds is 2.